The van der Waals surface area contributed by atoms with E-state index in [1.54, 1.807) is 7.11 Å². The molecule has 2 heterocycles. The van der Waals surface area contributed by atoms with Gasteiger partial charge in [0.05, 0.1) is 18.6 Å². The van der Waals surface area contributed by atoms with Crippen LogP contribution in [0.2, 0.25) is 0 Å². The van der Waals surface area contributed by atoms with E-state index in [9.17, 15) is 4.79 Å². The first-order valence-electron chi connectivity index (χ1n) is 13.2. The zero-order valence-electron chi connectivity index (χ0n) is 22.7. The number of esters is 1. The average Bonchev–Trinajstić information content (AvgIpc) is 3.75. The Morgan fingerprint density at radius 3 is 2.56 bits per heavy atom. The zero-order valence-corrected chi connectivity index (χ0v) is 22.7. The molecule has 1 saturated carbocycles. The number of hydrogen-bond acceptors (Lipinski definition) is 7. The van der Waals surface area contributed by atoms with Gasteiger partial charge in [0.2, 0.25) is 0 Å². The molecule has 2 saturated heterocycles. The Morgan fingerprint density at radius 2 is 1.94 bits per heavy atom. The van der Waals surface area contributed by atoms with Crippen molar-refractivity contribution in [1.82, 2.24) is 4.90 Å². The Morgan fingerprint density at radius 1 is 1.22 bits per heavy atom. The maximum Gasteiger partial charge on any atom is 0.306 e. The molecule has 1 spiro atoms. The lowest BCUT2D eigenvalue weighted by Gasteiger charge is -2.42. The van der Waals surface area contributed by atoms with E-state index >= 15 is 0 Å². The van der Waals surface area contributed by atoms with Crippen molar-refractivity contribution in [1.29, 1.82) is 0 Å². The Hall–Kier alpha value is -1.93. The molecule has 0 N–H and O–H groups in total. The first-order valence-corrected chi connectivity index (χ1v) is 13.2. The van der Waals surface area contributed by atoms with Gasteiger partial charge in [0.1, 0.15) is 35.8 Å². The number of nitrogens with zero attached hydrogens (tertiary/aromatic N) is 1. The fraction of sp³-hybridized carbons (Fsp3) is 0.690. The molecule has 6 atom stereocenters. The van der Waals surface area contributed by atoms with Crippen molar-refractivity contribution in [2.24, 2.45) is 5.92 Å². The summed E-state index contributed by atoms with van der Waals surface area (Å²) < 4.78 is 30.0. The standard InChI is InChI=1S/C29H43NO6/c1-20(2)7-13-24-28(3,36-24)27-26(32-6)23(15-16-29(27)19-34-29)35-25(31)14-10-21-8-11-22(12-9-21)33-18-17-30(4)5/h7-9,11-12,23-24,26-27H,10,13-19H2,1-6H3/t23?,24-,26-,27-,28+,29+/m1/s1. The molecule has 0 amide bonds. The average molecular weight is 502 g/mol. The molecule has 1 aliphatic carbocycles. The van der Waals surface area contributed by atoms with Gasteiger partial charge in [-0.3, -0.25) is 4.79 Å². The number of hydrogen-bond donors (Lipinski definition) is 0. The number of likely N-dealkylation sites (N-methyl/N-ethyl adjacent to an activating group) is 1. The summed E-state index contributed by atoms with van der Waals surface area (Å²) in [5.74, 6) is 0.689. The second-order valence-electron chi connectivity index (χ2n) is 11.2. The number of benzene rings is 1. The molecule has 7 heteroatoms. The lowest BCUT2D eigenvalue weighted by atomic mass is 9.68. The summed E-state index contributed by atoms with van der Waals surface area (Å²) in [7, 11) is 5.75. The van der Waals surface area contributed by atoms with E-state index in [1.165, 1.54) is 5.57 Å². The highest BCUT2D eigenvalue weighted by atomic mass is 16.6. The minimum absolute atomic E-state index is 0.0390. The van der Waals surface area contributed by atoms with Crippen LogP contribution >= 0.6 is 0 Å². The van der Waals surface area contributed by atoms with Crippen LogP contribution in [0.1, 0.15) is 52.0 Å². The van der Waals surface area contributed by atoms with Crippen LogP contribution in [-0.2, 0) is 30.2 Å². The molecule has 1 unspecified atom stereocenters. The van der Waals surface area contributed by atoms with Crippen LogP contribution in [0, 0.1) is 5.92 Å². The molecular weight excluding hydrogens is 458 g/mol. The van der Waals surface area contributed by atoms with Crippen molar-refractivity contribution in [3.8, 4) is 5.75 Å². The maximum atomic E-state index is 12.8. The Kier molecular flexibility index (Phi) is 8.45. The van der Waals surface area contributed by atoms with Gasteiger partial charge in [-0.25, -0.2) is 0 Å². The monoisotopic (exact) mass is 501 g/mol. The van der Waals surface area contributed by atoms with Crippen molar-refractivity contribution < 1.29 is 28.5 Å². The van der Waals surface area contributed by atoms with Gasteiger partial charge in [0, 0.05) is 20.1 Å². The molecule has 200 valence electrons. The van der Waals surface area contributed by atoms with E-state index in [1.807, 2.05) is 38.4 Å². The van der Waals surface area contributed by atoms with Crippen LogP contribution in [0.25, 0.3) is 0 Å². The molecule has 1 aromatic rings. The van der Waals surface area contributed by atoms with Gasteiger partial charge < -0.3 is 28.6 Å². The van der Waals surface area contributed by atoms with Gasteiger partial charge in [-0.2, -0.15) is 0 Å². The third-order valence-corrected chi connectivity index (χ3v) is 7.87. The van der Waals surface area contributed by atoms with E-state index in [0.29, 0.717) is 19.4 Å². The van der Waals surface area contributed by atoms with Gasteiger partial charge in [-0.1, -0.05) is 23.8 Å². The number of carbonyl (C=O) groups excluding carboxylic acids is 1. The number of methoxy groups -OCH3 is 1. The number of allylic oxidation sites excluding steroid dienone is 1. The fourth-order valence-electron chi connectivity index (χ4n) is 5.64. The predicted molar refractivity (Wildman–Crippen MR) is 138 cm³/mol. The summed E-state index contributed by atoms with van der Waals surface area (Å²) in [6, 6.07) is 7.94. The van der Waals surface area contributed by atoms with Gasteiger partial charge >= 0.3 is 5.97 Å². The summed E-state index contributed by atoms with van der Waals surface area (Å²) in [6.07, 6.45) is 5.27. The molecule has 1 aromatic carbocycles. The van der Waals surface area contributed by atoms with Gasteiger partial charge in [0.15, 0.2) is 0 Å². The Labute approximate surface area is 216 Å². The number of aryl methyl sites for hydroxylation is 1. The van der Waals surface area contributed by atoms with Gasteiger partial charge in [-0.05, 0) is 78.2 Å². The summed E-state index contributed by atoms with van der Waals surface area (Å²) in [5.41, 5.74) is 1.83. The normalized spacial score (nSPS) is 32.9. The number of epoxide rings is 2. The third-order valence-electron chi connectivity index (χ3n) is 7.87. The topological polar surface area (TPSA) is 73.1 Å². The molecular formula is C29H43NO6. The van der Waals surface area contributed by atoms with Crippen LogP contribution in [0.4, 0.5) is 0 Å². The number of carbonyl (C=O) groups is 1. The van der Waals surface area contributed by atoms with Gasteiger partial charge in [-0.15, -0.1) is 0 Å². The molecule has 4 rings (SSSR count). The SMILES string of the molecule is CO[C@@H]1C(OC(=O)CCc2ccc(OCCN(C)C)cc2)CC[C@]2(CO2)[C@H]1[C@@]1(C)O[C@@H]1CC=C(C)C. The van der Waals surface area contributed by atoms with Crippen LogP contribution in [0.15, 0.2) is 35.9 Å². The maximum absolute atomic E-state index is 12.8. The second-order valence-corrected chi connectivity index (χ2v) is 11.2. The van der Waals surface area contributed by atoms with Crippen molar-refractivity contribution in [2.45, 2.75) is 82.4 Å². The van der Waals surface area contributed by atoms with E-state index in [-0.39, 0.29) is 41.4 Å². The number of rotatable bonds is 12. The highest BCUT2D eigenvalue weighted by molar-refractivity contribution is 5.70. The minimum Gasteiger partial charge on any atom is -0.492 e. The quantitative estimate of drug-likeness (QED) is 0.242. The highest BCUT2D eigenvalue weighted by Crippen LogP contribution is 2.59. The van der Waals surface area contributed by atoms with Crippen LogP contribution in [0.3, 0.4) is 0 Å². The predicted octanol–water partition coefficient (Wildman–Crippen LogP) is 4.18. The van der Waals surface area contributed by atoms with E-state index in [0.717, 1.165) is 43.7 Å². The summed E-state index contributed by atoms with van der Waals surface area (Å²) >= 11 is 0. The van der Waals surface area contributed by atoms with Crippen LogP contribution in [0.5, 0.6) is 5.75 Å². The second kappa shape index (κ2) is 11.2. The smallest absolute Gasteiger partial charge is 0.306 e. The molecule has 0 aromatic heterocycles. The lowest BCUT2D eigenvalue weighted by molar-refractivity contribution is -0.171. The lowest BCUT2D eigenvalue weighted by Crippen LogP contribution is -2.55. The van der Waals surface area contributed by atoms with E-state index < -0.39 is 0 Å². The first kappa shape index (κ1) is 27.1. The Balaban J connectivity index is 1.31. The minimum atomic E-state index is -0.329. The summed E-state index contributed by atoms with van der Waals surface area (Å²) in [4.78, 5) is 14.9. The molecule has 0 bridgehead atoms. The summed E-state index contributed by atoms with van der Waals surface area (Å²) in [5, 5.41) is 0. The van der Waals surface area contributed by atoms with Gasteiger partial charge in [0.25, 0.3) is 0 Å². The van der Waals surface area contributed by atoms with Crippen LogP contribution in [-0.4, -0.2) is 81.3 Å². The molecule has 0 radical (unpaired) electrons. The van der Waals surface area contributed by atoms with E-state index in [4.69, 9.17) is 23.7 Å². The largest absolute Gasteiger partial charge is 0.492 e. The Bertz CT molecular complexity index is 920. The molecule has 7 nitrogen and oxygen atoms in total. The number of ether oxygens (including phenoxy) is 5. The van der Waals surface area contributed by atoms with E-state index in [2.05, 4.69) is 31.7 Å². The van der Waals surface area contributed by atoms with Crippen LogP contribution < -0.4 is 4.74 Å². The zero-order chi connectivity index (χ0) is 25.9. The highest BCUT2D eigenvalue weighted by Gasteiger charge is 2.72. The molecule has 3 fully saturated rings. The molecule has 3 aliphatic rings. The summed E-state index contributed by atoms with van der Waals surface area (Å²) in [6.45, 7) is 8.61. The van der Waals surface area contributed by atoms with Crippen molar-refractivity contribution >= 4 is 5.97 Å². The van der Waals surface area contributed by atoms with Crippen molar-refractivity contribution in [2.75, 3.05) is 41.0 Å². The molecule has 36 heavy (non-hydrogen) atoms. The third kappa shape index (κ3) is 6.31. The fourth-order valence-corrected chi connectivity index (χ4v) is 5.64. The van der Waals surface area contributed by atoms with Crippen molar-refractivity contribution in [3.05, 3.63) is 41.5 Å². The first-order chi connectivity index (χ1) is 17.2. The molecule has 2 aliphatic heterocycles. The van der Waals surface area contributed by atoms with Crippen molar-refractivity contribution in [3.63, 3.8) is 0 Å².